The van der Waals surface area contributed by atoms with Gasteiger partial charge in [-0.1, -0.05) is 26.0 Å². The van der Waals surface area contributed by atoms with Crippen molar-refractivity contribution in [1.82, 2.24) is 18.7 Å². The van der Waals surface area contributed by atoms with Crippen LogP contribution >= 0.6 is 0 Å². The first kappa shape index (κ1) is 14.6. The molecule has 0 aliphatic rings. The van der Waals surface area contributed by atoms with Crippen molar-refractivity contribution >= 4 is 27.5 Å². The molecule has 1 atom stereocenters. The average molecular weight is 296 g/mol. The van der Waals surface area contributed by atoms with Gasteiger partial charge in [0.15, 0.2) is 0 Å². The fourth-order valence-corrected chi connectivity index (χ4v) is 3.33. The van der Waals surface area contributed by atoms with Gasteiger partial charge in [0, 0.05) is 7.05 Å². The number of aromatic nitrogens is 3. The van der Waals surface area contributed by atoms with Crippen LogP contribution in [0.15, 0.2) is 24.3 Å². The highest BCUT2D eigenvalue weighted by atomic mass is 32.2. The molecule has 7 nitrogen and oxygen atoms in total. The molecule has 0 unspecified atom stereocenters. The van der Waals surface area contributed by atoms with Crippen molar-refractivity contribution in [3.63, 3.8) is 0 Å². The maximum Gasteiger partial charge on any atom is 0.325 e. The Kier molecular flexibility index (Phi) is 3.87. The molecule has 0 amide bonds. The van der Waals surface area contributed by atoms with Gasteiger partial charge in [0.2, 0.25) is 0 Å². The maximum absolute atomic E-state index is 12.5. The molecule has 20 heavy (non-hydrogen) atoms. The molecule has 108 valence electrons. The summed E-state index contributed by atoms with van der Waals surface area (Å²) in [5.41, 5.74) is 0.865. The Bertz CT molecular complexity index is 723. The lowest BCUT2D eigenvalue weighted by Crippen LogP contribution is -2.44. The van der Waals surface area contributed by atoms with E-state index in [1.165, 1.54) is 7.05 Å². The van der Waals surface area contributed by atoms with Gasteiger partial charge in [0.1, 0.15) is 17.3 Å². The second-order valence-electron chi connectivity index (χ2n) is 4.82. The van der Waals surface area contributed by atoms with Gasteiger partial charge in [-0.15, -0.1) is 9.19 Å². The second-order valence-corrected chi connectivity index (χ2v) is 6.63. The van der Waals surface area contributed by atoms with Crippen LogP contribution in [-0.2, 0) is 15.0 Å². The standard InChI is InChI=1S/C12H16N4O3S/c1-9(2)12(8-17)15(3)20(18,19)16-11-7-5-4-6-10(11)13-14-16/h4-9,12H,1-3H3/t12-/m1/s1. The Morgan fingerprint density at radius 3 is 2.55 bits per heavy atom. The van der Waals surface area contributed by atoms with Crippen molar-refractivity contribution in [2.75, 3.05) is 7.05 Å². The van der Waals surface area contributed by atoms with E-state index in [0.717, 1.165) is 8.39 Å². The Morgan fingerprint density at radius 1 is 1.30 bits per heavy atom. The van der Waals surface area contributed by atoms with Crippen LogP contribution < -0.4 is 0 Å². The molecule has 0 radical (unpaired) electrons. The molecular formula is C12H16N4O3S. The SMILES string of the molecule is CC(C)[C@@H](C=O)N(C)S(=O)(=O)n1nnc2ccccc21. The molecule has 0 saturated heterocycles. The number of carbonyl (C=O) groups excluding carboxylic acids is 1. The minimum absolute atomic E-state index is 0.137. The van der Waals surface area contributed by atoms with Crippen LogP contribution in [-0.4, -0.2) is 46.5 Å². The van der Waals surface area contributed by atoms with Gasteiger partial charge in [-0.2, -0.15) is 12.7 Å². The lowest BCUT2D eigenvalue weighted by Gasteiger charge is -2.25. The molecule has 0 aliphatic heterocycles. The summed E-state index contributed by atoms with van der Waals surface area (Å²) >= 11 is 0. The first-order valence-corrected chi connectivity index (χ1v) is 7.53. The first-order chi connectivity index (χ1) is 9.39. The Labute approximate surface area is 117 Å². The number of fused-ring (bicyclic) bond motifs is 1. The van der Waals surface area contributed by atoms with Crippen LogP contribution in [0.3, 0.4) is 0 Å². The van der Waals surface area contributed by atoms with Gasteiger partial charge >= 0.3 is 10.2 Å². The monoisotopic (exact) mass is 296 g/mol. The zero-order chi connectivity index (χ0) is 14.9. The minimum Gasteiger partial charge on any atom is -0.302 e. The lowest BCUT2D eigenvalue weighted by molar-refractivity contribution is -0.111. The van der Waals surface area contributed by atoms with E-state index in [9.17, 15) is 13.2 Å². The summed E-state index contributed by atoms with van der Waals surface area (Å²) in [6, 6.07) is 6.00. The number of likely N-dealkylation sites (N-methyl/N-ethyl adjacent to an activating group) is 1. The zero-order valence-corrected chi connectivity index (χ0v) is 12.3. The van der Waals surface area contributed by atoms with Crippen LogP contribution in [0.1, 0.15) is 13.8 Å². The van der Waals surface area contributed by atoms with Gasteiger partial charge < -0.3 is 4.79 Å². The third kappa shape index (κ3) is 2.32. The van der Waals surface area contributed by atoms with E-state index in [4.69, 9.17) is 0 Å². The number of carbonyl (C=O) groups is 1. The fourth-order valence-electron chi connectivity index (χ4n) is 1.96. The summed E-state index contributed by atoms with van der Waals surface area (Å²) in [7, 11) is -2.57. The van der Waals surface area contributed by atoms with E-state index in [0.29, 0.717) is 17.3 Å². The van der Waals surface area contributed by atoms with Crippen LogP contribution in [0.25, 0.3) is 11.0 Å². The molecule has 2 aromatic rings. The maximum atomic E-state index is 12.5. The van der Waals surface area contributed by atoms with Crippen LogP contribution in [0, 0.1) is 5.92 Å². The minimum atomic E-state index is -3.93. The zero-order valence-electron chi connectivity index (χ0n) is 11.5. The predicted octanol–water partition coefficient (Wildman–Crippen LogP) is 0.679. The van der Waals surface area contributed by atoms with Crippen LogP contribution in [0.2, 0.25) is 0 Å². The summed E-state index contributed by atoms with van der Waals surface area (Å²) in [5.74, 6) is -0.137. The number of para-hydroxylation sites is 1. The number of hydrogen-bond donors (Lipinski definition) is 0. The summed E-state index contributed by atoms with van der Waals surface area (Å²) in [5, 5.41) is 7.50. The molecule has 0 spiro atoms. The molecule has 2 rings (SSSR count). The van der Waals surface area contributed by atoms with E-state index in [1.54, 1.807) is 38.1 Å². The smallest absolute Gasteiger partial charge is 0.302 e. The Morgan fingerprint density at radius 2 is 1.95 bits per heavy atom. The summed E-state index contributed by atoms with van der Waals surface area (Å²) < 4.78 is 26.9. The highest BCUT2D eigenvalue weighted by molar-refractivity contribution is 7.87. The van der Waals surface area contributed by atoms with Crippen molar-refractivity contribution in [2.24, 2.45) is 5.92 Å². The van der Waals surface area contributed by atoms with E-state index in [2.05, 4.69) is 10.3 Å². The third-order valence-electron chi connectivity index (χ3n) is 3.15. The summed E-state index contributed by atoms with van der Waals surface area (Å²) in [6.07, 6.45) is 0.626. The van der Waals surface area contributed by atoms with Gasteiger partial charge in [-0.25, -0.2) is 0 Å². The number of benzene rings is 1. The normalized spacial score (nSPS) is 14.1. The fraction of sp³-hybridized carbons (Fsp3) is 0.417. The number of hydrogen-bond acceptors (Lipinski definition) is 5. The molecule has 0 N–H and O–H groups in total. The van der Waals surface area contributed by atoms with Crippen LogP contribution in [0.4, 0.5) is 0 Å². The topological polar surface area (TPSA) is 85.2 Å². The van der Waals surface area contributed by atoms with Gasteiger partial charge in [0.05, 0.1) is 6.04 Å². The molecule has 1 aromatic heterocycles. The van der Waals surface area contributed by atoms with Crippen molar-refractivity contribution in [3.8, 4) is 0 Å². The van der Waals surface area contributed by atoms with Crippen LogP contribution in [0.5, 0.6) is 0 Å². The number of nitrogens with zero attached hydrogens (tertiary/aromatic N) is 4. The highest BCUT2D eigenvalue weighted by Gasteiger charge is 2.31. The molecule has 0 bridgehead atoms. The van der Waals surface area contributed by atoms with Crippen molar-refractivity contribution in [2.45, 2.75) is 19.9 Å². The van der Waals surface area contributed by atoms with E-state index >= 15 is 0 Å². The molecule has 0 fully saturated rings. The van der Waals surface area contributed by atoms with Crippen molar-refractivity contribution < 1.29 is 13.2 Å². The third-order valence-corrected chi connectivity index (χ3v) is 4.82. The molecule has 1 aromatic carbocycles. The molecule has 1 heterocycles. The van der Waals surface area contributed by atoms with E-state index < -0.39 is 16.3 Å². The molecule has 0 saturated carbocycles. The summed E-state index contributed by atoms with van der Waals surface area (Å²) in [6.45, 7) is 3.56. The first-order valence-electron chi connectivity index (χ1n) is 6.14. The Balaban J connectivity index is 2.52. The lowest BCUT2D eigenvalue weighted by atomic mass is 10.1. The molecule has 0 aliphatic carbocycles. The van der Waals surface area contributed by atoms with Crippen molar-refractivity contribution in [3.05, 3.63) is 24.3 Å². The van der Waals surface area contributed by atoms with Gasteiger partial charge in [-0.3, -0.25) is 0 Å². The highest BCUT2D eigenvalue weighted by Crippen LogP contribution is 2.17. The quantitative estimate of drug-likeness (QED) is 0.757. The van der Waals surface area contributed by atoms with Crippen molar-refractivity contribution in [1.29, 1.82) is 0 Å². The Hall–Kier alpha value is -1.80. The second kappa shape index (κ2) is 5.29. The van der Waals surface area contributed by atoms with Gasteiger partial charge in [0.25, 0.3) is 0 Å². The van der Waals surface area contributed by atoms with Gasteiger partial charge in [-0.05, 0) is 23.3 Å². The predicted molar refractivity (Wildman–Crippen MR) is 74.3 cm³/mol. The largest absolute Gasteiger partial charge is 0.325 e. The molecule has 8 heteroatoms. The average Bonchev–Trinajstić information content (AvgIpc) is 2.83. The summed E-state index contributed by atoms with van der Waals surface area (Å²) in [4.78, 5) is 11.1. The molecular weight excluding hydrogens is 280 g/mol. The number of aldehydes is 1. The van der Waals surface area contributed by atoms with E-state index in [1.807, 2.05) is 0 Å². The number of rotatable bonds is 5. The van der Waals surface area contributed by atoms with E-state index in [-0.39, 0.29) is 5.92 Å².